The van der Waals surface area contributed by atoms with E-state index in [0.717, 1.165) is 11.1 Å². The third-order valence-electron chi connectivity index (χ3n) is 2.74. The molecule has 3 N–H and O–H groups in total. The summed E-state index contributed by atoms with van der Waals surface area (Å²) in [5.41, 5.74) is 2.45. The topological polar surface area (TPSA) is 61.4 Å². The Balaban J connectivity index is 1.85. The molecule has 0 heterocycles. The van der Waals surface area contributed by atoms with Crippen molar-refractivity contribution in [2.45, 2.75) is 13.2 Å². The first-order valence-corrected chi connectivity index (χ1v) is 6.54. The minimum atomic E-state index is -0.293. The van der Waals surface area contributed by atoms with Gasteiger partial charge in [-0.05, 0) is 29.3 Å². The van der Waals surface area contributed by atoms with Crippen molar-refractivity contribution >= 4 is 23.3 Å². The molecule has 0 aliphatic heterocycles. The molecule has 2 aromatic rings. The zero-order valence-electron chi connectivity index (χ0n) is 10.8. The summed E-state index contributed by atoms with van der Waals surface area (Å²) >= 11 is 5.84. The van der Waals surface area contributed by atoms with E-state index in [2.05, 4.69) is 10.6 Å². The molecule has 2 amide bonds. The van der Waals surface area contributed by atoms with Gasteiger partial charge in [-0.15, -0.1) is 0 Å². The number of benzene rings is 2. The van der Waals surface area contributed by atoms with Crippen LogP contribution in [0.3, 0.4) is 0 Å². The first kappa shape index (κ1) is 14.4. The number of rotatable bonds is 4. The van der Waals surface area contributed by atoms with E-state index in [1.165, 1.54) is 0 Å². The van der Waals surface area contributed by atoms with Gasteiger partial charge in [-0.3, -0.25) is 0 Å². The SMILES string of the molecule is O=C(NCc1ccc(CO)cc1)Nc1cccc(Cl)c1. The predicted molar refractivity (Wildman–Crippen MR) is 79.7 cm³/mol. The van der Waals surface area contributed by atoms with Crippen molar-refractivity contribution in [3.8, 4) is 0 Å². The molecule has 2 aromatic carbocycles. The number of hydrogen-bond acceptors (Lipinski definition) is 2. The van der Waals surface area contributed by atoms with Crippen LogP contribution >= 0.6 is 11.6 Å². The van der Waals surface area contributed by atoms with Gasteiger partial charge >= 0.3 is 6.03 Å². The van der Waals surface area contributed by atoms with Crippen LogP contribution in [0.4, 0.5) is 10.5 Å². The number of aliphatic hydroxyl groups is 1. The normalized spacial score (nSPS) is 10.1. The van der Waals surface area contributed by atoms with E-state index in [0.29, 0.717) is 17.3 Å². The molecular formula is C15H15ClN2O2. The molecule has 2 rings (SSSR count). The first-order chi connectivity index (χ1) is 9.67. The number of halogens is 1. The lowest BCUT2D eigenvalue weighted by atomic mass is 10.1. The Morgan fingerprint density at radius 3 is 2.45 bits per heavy atom. The monoisotopic (exact) mass is 290 g/mol. The largest absolute Gasteiger partial charge is 0.392 e. The number of carbonyl (C=O) groups is 1. The summed E-state index contributed by atoms with van der Waals surface area (Å²) in [6.45, 7) is 0.432. The van der Waals surface area contributed by atoms with Crippen LogP contribution in [0.5, 0.6) is 0 Å². The summed E-state index contributed by atoms with van der Waals surface area (Å²) in [6, 6.07) is 14.0. The molecule has 0 saturated heterocycles. The maximum atomic E-state index is 11.7. The van der Waals surface area contributed by atoms with E-state index in [4.69, 9.17) is 16.7 Å². The molecule has 0 aliphatic carbocycles. The second-order valence-corrected chi connectivity index (χ2v) is 4.73. The maximum Gasteiger partial charge on any atom is 0.319 e. The Hall–Kier alpha value is -2.04. The Morgan fingerprint density at radius 1 is 1.10 bits per heavy atom. The van der Waals surface area contributed by atoms with Crippen molar-refractivity contribution < 1.29 is 9.90 Å². The van der Waals surface area contributed by atoms with Gasteiger partial charge in [0.25, 0.3) is 0 Å². The Morgan fingerprint density at radius 2 is 1.80 bits per heavy atom. The fraction of sp³-hybridized carbons (Fsp3) is 0.133. The van der Waals surface area contributed by atoms with Crippen molar-refractivity contribution in [3.63, 3.8) is 0 Å². The lowest BCUT2D eigenvalue weighted by Gasteiger charge is -2.08. The summed E-state index contributed by atoms with van der Waals surface area (Å²) in [6.07, 6.45) is 0. The van der Waals surface area contributed by atoms with E-state index in [1.54, 1.807) is 24.3 Å². The van der Waals surface area contributed by atoms with Crippen LogP contribution in [0.25, 0.3) is 0 Å². The lowest BCUT2D eigenvalue weighted by molar-refractivity contribution is 0.251. The van der Waals surface area contributed by atoms with E-state index >= 15 is 0 Å². The van der Waals surface area contributed by atoms with Gasteiger partial charge in [0.2, 0.25) is 0 Å². The van der Waals surface area contributed by atoms with Gasteiger partial charge in [-0.2, -0.15) is 0 Å². The van der Waals surface area contributed by atoms with Gasteiger partial charge < -0.3 is 15.7 Å². The third-order valence-corrected chi connectivity index (χ3v) is 2.98. The number of carbonyl (C=O) groups excluding carboxylic acids is 1. The highest BCUT2D eigenvalue weighted by Gasteiger charge is 2.02. The fourth-order valence-corrected chi connectivity index (χ4v) is 1.88. The molecule has 104 valence electrons. The van der Waals surface area contributed by atoms with E-state index in [1.807, 2.05) is 24.3 Å². The number of amides is 2. The molecule has 0 spiro atoms. The van der Waals surface area contributed by atoms with Crippen LogP contribution in [0.2, 0.25) is 5.02 Å². The van der Waals surface area contributed by atoms with Gasteiger partial charge in [-0.1, -0.05) is 41.9 Å². The standard InChI is InChI=1S/C15H15ClN2O2/c16-13-2-1-3-14(8-13)18-15(20)17-9-11-4-6-12(10-19)7-5-11/h1-8,19H,9-10H2,(H2,17,18,20). The van der Waals surface area contributed by atoms with Crippen molar-refractivity contribution in [1.29, 1.82) is 0 Å². The molecule has 5 heteroatoms. The van der Waals surface area contributed by atoms with Gasteiger partial charge in [0.15, 0.2) is 0 Å². The van der Waals surface area contributed by atoms with Crippen LogP contribution in [0.15, 0.2) is 48.5 Å². The van der Waals surface area contributed by atoms with E-state index < -0.39 is 0 Å². The highest BCUT2D eigenvalue weighted by molar-refractivity contribution is 6.30. The van der Waals surface area contributed by atoms with Crippen molar-refractivity contribution in [2.24, 2.45) is 0 Å². The Labute approximate surface area is 122 Å². The van der Waals surface area contributed by atoms with Crippen LogP contribution < -0.4 is 10.6 Å². The van der Waals surface area contributed by atoms with Crippen LogP contribution in [0, 0.1) is 0 Å². The number of aliphatic hydroxyl groups excluding tert-OH is 1. The van der Waals surface area contributed by atoms with E-state index in [-0.39, 0.29) is 12.6 Å². The molecule has 0 saturated carbocycles. The molecule has 20 heavy (non-hydrogen) atoms. The minimum Gasteiger partial charge on any atom is -0.392 e. The maximum absolute atomic E-state index is 11.7. The summed E-state index contributed by atoms with van der Waals surface area (Å²) < 4.78 is 0. The zero-order valence-corrected chi connectivity index (χ0v) is 11.5. The van der Waals surface area contributed by atoms with Crippen LogP contribution in [-0.2, 0) is 13.2 Å². The van der Waals surface area contributed by atoms with Crippen LogP contribution in [-0.4, -0.2) is 11.1 Å². The van der Waals surface area contributed by atoms with Crippen molar-refractivity contribution in [3.05, 3.63) is 64.7 Å². The minimum absolute atomic E-state index is 0.0168. The van der Waals surface area contributed by atoms with Crippen molar-refractivity contribution in [1.82, 2.24) is 5.32 Å². The molecule has 0 unspecified atom stereocenters. The number of hydrogen-bond donors (Lipinski definition) is 3. The quantitative estimate of drug-likeness (QED) is 0.810. The van der Waals surface area contributed by atoms with Gasteiger partial charge in [0.1, 0.15) is 0 Å². The second kappa shape index (κ2) is 6.93. The molecule has 0 atom stereocenters. The predicted octanol–water partition coefficient (Wildman–Crippen LogP) is 3.15. The average Bonchev–Trinajstić information content (AvgIpc) is 2.46. The summed E-state index contributed by atoms with van der Waals surface area (Å²) in [5, 5.41) is 15.0. The Kier molecular flexibility index (Phi) is 4.98. The van der Waals surface area contributed by atoms with Gasteiger partial charge in [0.05, 0.1) is 6.61 Å². The number of nitrogens with one attached hydrogen (secondary N) is 2. The molecule has 0 aromatic heterocycles. The molecule has 0 radical (unpaired) electrons. The second-order valence-electron chi connectivity index (χ2n) is 4.29. The fourth-order valence-electron chi connectivity index (χ4n) is 1.69. The summed E-state index contributed by atoms with van der Waals surface area (Å²) in [5.74, 6) is 0. The average molecular weight is 291 g/mol. The summed E-state index contributed by atoms with van der Waals surface area (Å²) in [4.78, 5) is 11.7. The number of urea groups is 1. The van der Waals surface area contributed by atoms with E-state index in [9.17, 15) is 4.79 Å². The molecule has 0 aliphatic rings. The molecular weight excluding hydrogens is 276 g/mol. The molecule has 0 bridgehead atoms. The Bertz CT molecular complexity index is 585. The lowest BCUT2D eigenvalue weighted by Crippen LogP contribution is -2.28. The van der Waals surface area contributed by atoms with Gasteiger partial charge in [0, 0.05) is 17.3 Å². The summed E-state index contributed by atoms with van der Waals surface area (Å²) in [7, 11) is 0. The molecule has 0 fully saturated rings. The van der Waals surface area contributed by atoms with Crippen LogP contribution in [0.1, 0.15) is 11.1 Å². The highest BCUT2D eigenvalue weighted by Crippen LogP contribution is 2.14. The van der Waals surface area contributed by atoms with Crippen molar-refractivity contribution in [2.75, 3.05) is 5.32 Å². The zero-order chi connectivity index (χ0) is 14.4. The third kappa shape index (κ3) is 4.26. The molecule has 4 nitrogen and oxygen atoms in total. The first-order valence-electron chi connectivity index (χ1n) is 6.16. The highest BCUT2D eigenvalue weighted by atomic mass is 35.5. The smallest absolute Gasteiger partial charge is 0.319 e. The number of anilines is 1. The van der Waals surface area contributed by atoms with Gasteiger partial charge in [-0.25, -0.2) is 4.79 Å².